The molecule has 1 atom stereocenters. The van der Waals surface area contributed by atoms with Crippen molar-refractivity contribution in [1.29, 1.82) is 5.41 Å². The van der Waals surface area contributed by atoms with E-state index in [1.54, 1.807) is 37.3 Å². The van der Waals surface area contributed by atoms with Crippen molar-refractivity contribution in [3.8, 4) is 0 Å². The van der Waals surface area contributed by atoms with Crippen molar-refractivity contribution in [2.45, 2.75) is 13.3 Å². The smallest absolute Gasteiger partial charge is 0.312 e. The van der Waals surface area contributed by atoms with Gasteiger partial charge in [-0.1, -0.05) is 37.3 Å². The van der Waals surface area contributed by atoms with E-state index in [4.69, 9.17) is 10.5 Å². The highest BCUT2D eigenvalue weighted by Gasteiger charge is 2.26. The predicted molar refractivity (Wildman–Crippen MR) is 59.9 cm³/mol. The SMILES string of the molecule is CCC(C(=N)C(=O)c1ccccc1)C(=O)O. The third-order valence-corrected chi connectivity index (χ3v) is 2.34. The van der Waals surface area contributed by atoms with E-state index in [2.05, 4.69) is 0 Å². The van der Waals surface area contributed by atoms with Crippen LogP contribution in [0.3, 0.4) is 0 Å². The molecular formula is C12H13NO3. The molecule has 0 heterocycles. The van der Waals surface area contributed by atoms with E-state index in [1.165, 1.54) is 0 Å². The molecule has 0 fully saturated rings. The van der Waals surface area contributed by atoms with E-state index in [0.717, 1.165) is 0 Å². The molecule has 0 spiro atoms. The molecule has 0 amide bonds. The van der Waals surface area contributed by atoms with Crippen LogP contribution in [0.4, 0.5) is 0 Å². The highest BCUT2D eigenvalue weighted by atomic mass is 16.4. The Morgan fingerprint density at radius 2 is 1.88 bits per heavy atom. The molecule has 0 saturated carbocycles. The average Bonchev–Trinajstić information content (AvgIpc) is 2.29. The minimum absolute atomic E-state index is 0.243. The zero-order valence-electron chi connectivity index (χ0n) is 8.93. The number of carboxylic acid groups (broad SMARTS) is 1. The lowest BCUT2D eigenvalue weighted by molar-refractivity contribution is -0.139. The van der Waals surface area contributed by atoms with Gasteiger partial charge in [-0.05, 0) is 6.42 Å². The summed E-state index contributed by atoms with van der Waals surface area (Å²) in [6, 6.07) is 8.27. The van der Waals surface area contributed by atoms with Crippen molar-refractivity contribution in [3.05, 3.63) is 35.9 Å². The highest BCUT2D eigenvalue weighted by Crippen LogP contribution is 2.10. The number of rotatable bonds is 5. The largest absolute Gasteiger partial charge is 0.481 e. The van der Waals surface area contributed by atoms with Gasteiger partial charge in [0.05, 0.1) is 5.71 Å². The summed E-state index contributed by atoms with van der Waals surface area (Å²) in [5.74, 6) is -2.67. The van der Waals surface area contributed by atoms with Gasteiger partial charge in [-0.15, -0.1) is 0 Å². The summed E-state index contributed by atoms with van der Waals surface area (Å²) in [6.45, 7) is 1.64. The van der Waals surface area contributed by atoms with Crippen LogP contribution in [0.5, 0.6) is 0 Å². The molecule has 0 radical (unpaired) electrons. The fourth-order valence-corrected chi connectivity index (χ4v) is 1.41. The van der Waals surface area contributed by atoms with Gasteiger partial charge < -0.3 is 10.5 Å². The molecular weight excluding hydrogens is 206 g/mol. The summed E-state index contributed by atoms with van der Waals surface area (Å²) in [5, 5.41) is 16.4. The first-order chi connectivity index (χ1) is 7.57. The number of ketones is 1. The van der Waals surface area contributed by atoms with Crippen molar-refractivity contribution >= 4 is 17.5 Å². The van der Waals surface area contributed by atoms with Crippen LogP contribution in [-0.4, -0.2) is 22.6 Å². The lowest BCUT2D eigenvalue weighted by atomic mass is 9.94. The Morgan fingerprint density at radius 1 is 1.31 bits per heavy atom. The molecule has 16 heavy (non-hydrogen) atoms. The number of carbonyl (C=O) groups excluding carboxylic acids is 1. The molecule has 84 valence electrons. The first kappa shape index (κ1) is 12.1. The van der Waals surface area contributed by atoms with Crippen molar-refractivity contribution in [1.82, 2.24) is 0 Å². The first-order valence-electron chi connectivity index (χ1n) is 4.99. The van der Waals surface area contributed by atoms with Gasteiger partial charge in [0.15, 0.2) is 0 Å². The van der Waals surface area contributed by atoms with Crippen molar-refractivity contribution in [2.24, 2.45) is 5.92 Å². The zero-order chi connectivity index (χ0) is 12.1. The number of nitrogens with one attached hydrogen (secondary N) is 1. The zero-order valence-corrected chi connectivity index (χ0v) is 8.93. The van der Waals surface area contributed by atoms with Gasteiger partial charge in [-0.3, -0.25) is 9.59 Å². The number of hydrogen-bond donors (Lipinski definition) is 2. The molecule has 1 unspecified atom stereocenters. The van der Waals surface area contributed by atoms with Gasteiger partial charge >= 0.3 is 5.97 Å². The summed E-state index contributed by atoms with van der Waals surface area (Å²) in [5.41, 5.74) is -0.00611. The summed E-state index contributed by atoms with van der Waals surface area (Å²) >= 11 is 0. The lowest BCUT2D eigenvalue weighted by Crippen LogP contribution is -2.29. The van der Waals surface area contributed by atoms with E-state index in [-0.39, 0.29) is 12.1 Å². The molecule has 2 N–H and O–H groups in total. The summed E-state index contributed by atoms with van der Waals surface area (Å²) < 4.78 is 0. The Kier molecular flexibility index (Phi) is 3.94. The van der Waals surface area contributed by atoms with Crippen LogP contribution >= 0.6 is 0 Å². The van der Waals surface area contributed by atoms with Gasteiger partial charge in [0, 0.05) is 5.56 Å². The van der Waals surface area contributed by atoms with E-state index in [1.807, 2.05) is 0 Å². The highest BCUT2D eigenvalue weighted by molar-refractivity contribution is 6.47. The Bertz CT molecular complexity index is 412. The average molecular weight is 219 g/mol. The number of aliphatic carboxylic acids is 1. The van der Waals surface area contributed by atoms with Gasteiger partial charge in [0.25, 0.3) is 0 Å². The fourth-order valence-electron chi connectivity index (χ4n) is 1.41. The van der Waals surface area contributed by atoms with E-state index in [9.17, 15) is 9.59 Å². The second kappa shape index (κ2) is 5.21. The Hall–Kier alpha value is -1.97. The number of Topliss-reactive ketones (excluding diaryl/α,β-unsaturated/α-hetero) is 1. The fraction of sp³-hybridized carbons (Fsp3) is 0.250. The van der Waals surface area contributed by atoms with Gasteiger partial charge in [-0.2, -0.15) is 0 Å². The maximum atomic E-state index is 11.8. The number of carboxylic acids is 1. The van der Waals surface area contributed by atoms with E-state index < -0.39 is 17.7 Å². The van der Waals surface area contributed by atoms with Crippen LogP contribution in [-0.2, 0) is 4.79 Å². The molecule has 0 aromatic heterocycles. The maximum Gasteiger partial charge on any atom is 0.312 e. The van der Waals surface area contributed by atoms with Crippen LogP contribution in [0.25, 0.3) is 0 Å². The number of hydrogen-bond acceptors (Lipinski definition) is 3. The predicted octanol–water partition coefficient (Wildman–Crippen LogP) is 2.00. The Morgan fingerprint density at radius 3 is 2.31 bits per heavy atom. The Balaban J connectivity index is 2.90. The third-order valence-electron chi connectivity index (χ3n) is 2.34. The molecule has 0 aliphatic rings. The molecule has 1 aromatic carbocycles. The minimum atomic E-state index is -1.13. The lowest BCUT2D eigenvalue weighted by Gasteiger charge is -2.10. The van der Waals surface area contributed by atoms with E-state index in [0.29, 0.717) is 5.56 Å². The molecule has 0 aliphatic heterocycles. The van der Waals surface area contributed by atoms with Crippen LogP contribution in [0.1, 0.15) is 23.7 Å². The van der Waals surface area contributed by atoms with Gasteiger partial charge in [0.2, 0.25) is 5.78 Å². The van der Waals surface area contributed by atoms with Crippen molar-refractivity contribution in [3.63, 3.8) is 0 Å². The molecule has 1 aromatic rings. The van der Waals surface area contributed by atoms with Gasteiger partial charge in [-0.25, -0.2) is 0 Å². The van der Waals surface area contributed by atoms with Crippen molar-refractivity contribution in [2.75, 3.05) is 0 Å². The maximum absolute atomic E-state index is 11.8. The van der Waals surface area contributed by atoms with Crippen LogP contribution in [0.2, 0.25) is 0 Å². The van der Waals surface area contributed by atoms with E-state index >= 15 is 0 Å². The van der Waals surface area contributed by atoms with Crippen molar-refractivity contribution < 1.29 is 14.7 Å². The molecule has 4 nitrogen and oxygen atoms in total. The molecule has 0 bridgehead atoms. The van der Waals surface area contributed by atoms with Crippen LogP contribution in [0, 0.1) is 11.3 Å². The molecule has 1 rings (SSSR count). The quantitative estimate of drug-likeness (QED) is 0.587. The summed E-state index contributed by atoms with van der Waals surface area (Å²) in [7, 11) is 0. The minimum Gasteiger partial charge on any atom is -0.481 e. The third kappa shape index (κ3) is 2.53. The topological polar surface area (TPSA) is 78.2 Å². The Labute approximate surface area is 93.4 Å². The number of benzene rings is 1. The number of carbonyl (C=O) groups is 2. The van der Waals surface area contributed by atoms with Gasteiger partial charge in [0.1, 0.15) is 5.92 Å². The molecule has 0 saturated heterocycles. The monoisotopic (exact) mass is 219 g/mol. The standard InChI is InChI=1S/C12H13NO3/c1-2-9(12(15)16)10(13)11(14)8-6-4-3-5-7-8/h3-7,9,13H,2H2,1H3,(H,15,16). The normalized spacial score (nSPS) is 11.8. The summed E-state index contributed by atoms with van der Waals surface area (Å²) in [4.78, 5) is 22.6. The summed E-state index contributed by atoms with van der Waals surface area (Å²) in [6.07, 6.45) is 0.243. The molecule has 4 heteroatoms. The molecule has 0 aliphatic carbocycles. The van der Waals surface area contributed by atoms with Crippen LogP contribution in [0.15, 0.2) is 30.3 Å². The van der Waals surface area contributed by atoms with Crippen LogP contribution < -0.4 is 0 Å². The first-order valence-corrected chi connectivity index (χ1v) is 4.99. The second-order valence-corrected chi connectivity index (χ2v) is 3.41. The second-order valence-electron chi connectivity index (χ2n) is 3.41.